The molecule has 0 aromatic carbocycles. The van der Waals surface area contributed by atoms with Crippen molar-refractivity contribution in [2.45, 2.75) is 13.3 Å². The zero-order valence-electron chi connectivity index (χ0n) is 11.3. The molecule has 0 spiro atoms. The second kappa shape index (κ2) is 5.68. The van der Waals surface area contributed by atoms with Gasteiger partial charge in [0, 0.05) is 0 Å². The van der Waals surface area contributed by atoms with Gasteiger partial charge in [0.1, 0.15) is 0 Å². The third-order valence-corrected chi connectivity index (χ3v) is 3.82. The molecule has 3 heterocycles. The fraction of sp³-hybridized carbons (Fsp3) is 0.154. The number of H-pyrrole nitrogens is 1. The summed E-state index contributed by atoms with van der Waals surface area (Å²) >= 11 is 1.38. The van der Waals surface area contributed by atoms with Crippen LogP contribution in [0, 0.1) is 6.92 Å². The van der Waals surface area contributed by atoms with E-state index in [2.05, 4.69) is 20.5 Å². The van der Waals surface area contributed by atoms with E-state index in [1.54, 1.807) is 12.1 Å². The highest BCUT2D eigenvalue weighted by atomic mass is 32.1. The maximum atomic E-state index is 12.9. The van der Waals surface area contributed by atoms with Crippen LogP contribution < -0.4 is 5.32 Å². The van der Waals surface area contributed by atoms with Gasteiger partial charge in [-0.1, -0.05) is 6.07 Å². The number of halogens is 2. The first-order chi connectivity index (χ1) is 10.6. The summed E-state index contributed by atoms with van der Waals surface area (Å²) < 4.78 is 31.0. The summed E-state index contributed by atoms with van der Waals surface area (Å²) in [5, 5.41) is 10.2. The Morgan fingerprint density at radius 3 is 3.00 bits per heavy atom. The average Bonchev–Trinajstić information content (AvgIpc) is 3.18. The van der Waals surface area contributed by atoms with Crippen LogP contribution in [0.2, 0.25) is 0 Å². The minimum Gasteiger partial charge on any atom is -0.442 e. The van der Waals surface area contributed by atoms with Crippen molar-refractivity contribution in [2.24, 2.45) is 0 Å². The Labute approximate surface area is 127 Å². The fourth-order valence-corrected chi connectivity index (χ4v) is 2.64. The summed E-state index contributed by atoms with van der Waals surface area (Å²) in [7, 11) is 0. The number of aromatic nitrogens is 3. The first kappa shape index (κ1) is 14.4. The highest BCUT2D eigenvalue weighted by Crippen LogP contribution is 2.30. The summed E-state index contributed by atoms with van der Waals surface area (Å²) in [6, 6.07) is 3.58. The van der Waals surface area contributed by atoms with Crippen molar-refractivity contribution >= 4 is 22.9 Å². The largest absolute Gasteiger partial charge is 0.442 e. The zero-order valence-corrected chi connectivity index (χ0v) is 12.1. The maximum Gasteiger partial charge on any atom is 0.284 e. The Hall–Kier alpha value is -2.55. The number of nitrogens with one attached hydrogen (secondary N) is 2. The van der Waals surface area contributed by atoms with E-state index in [0.717, 1.165) is 11.3 Å². The quantitative estimate of drug-likeness (QED) is 0.767. The molecule has 0 radical (unpaired) electrons. The van der Waals surface area contributed by atoms with Crippen molar-refractivity contribution in [3.63, 3.8) is 0 Å². The van der Waals surface area contributed by atoms with Gasteiger partial charge in [0.2, 0.25) is 0 Å². The van der Waals surface area contributed by atoms with Gasteiger partial charge < -0.3 is 9.73 Å². The number of rotatable bonds is 4. The lowest BCUT2D eigenvalue weighted by atomic mass is 10.2. The third-order valence-electron chi connectivity index (χ3n) is 2.95. The number of hydrogen-bond donors (Lipinski definition) is 2. The molecule has 0 aliphatic carbocycles. The van der Waals surface area contributed by atoms with Crippen LogP contribution in [-0.4, -0.2) is 21.1 Å². The summed E-state index contributed by atoms with van der Waals surface area (Å²) in [5.41, 5.74) is -0.180. The number of aromatic amines is 1. The number of carbonyl (C=O) groups is 1. The molecule has 0 aliphatic rings. The molecule has 0 saturated heterocycles. The van der Waals surface area contributed by atoms with Gasteiger partial charge in [0.25, 0.3) is 12.3 Å². The molecule has 1 amide bonds. The van der Waals surface area contributed by atoms with Crippen LogP contribution in [0.3, 0.4) is 0 Å². The number of amides is 1. The summed E-state index contributed by atoms with van der Waals surface area (Å²) in [4.78, 5) is 16.9. The van der Waals surface area contributed by atoms with Crippen molar-refractivity contribution < 1.29 is 18.0 Å². The topological polar surface area (TPSA) is 83.8 Å². The molecule has 0 atom stereocenters. The van der Waals surface area contributed by atoms with Crippen LogP contribution in [0.4, 0.5) is 14.5 Å². The van der Waals surface area contributed by atoms with E-state index in [0.29, 0.717) is 11.5 Å². The van der Waals surface area contributed by atoms with Gasteiger partial charge in [0.05, 0.1) is 16.3 Å². The van der Waals surface area contributed by atoms with E-state index in [-0.39, 0.29) is 11.4 Å². The Morgan fingerprint density at radius 2 is 2.32 bits per heavy atom. The lowest BCUT2D eigenvalue weighted by molar-refractivity contribution is 0.102. The summed E-state index contributed by atoms with van der Waals surface area (Å²) in [6.45, 7) is 1.54. The average molecular weight is 324 g/mol. The fourth-order valence-electron chi connectivity index (χ4n) is 1.93. The van der Waals surface area contributed by atoms with Crippen LogP contribution in [0.15, 0.2) is 28.3 Å². The normalized spacial score (nSPS) is 11.1. The molecule has 22 heavy (non-hydrogen) atoms. The number of carbonyl (C=O) groups excluding carboxylic acids is 1. The van der Waals surface area contributed by atoms with Crippen molar-refractivity contribution in [3.05, 3.63) is 41.0 Å². The lowest BCUT2D eigenvalue weighted by Gasteiger charge is -2.05. The van der Waals surface area contributed by atoms with Crippen LogP contribution in [0.25, 0.3) is 10.6 Å². The number of thiophene rings is 1. The molecule has 0 aliphatic heterocycles. The molecule has 9 heteroatoms. The number of nitrogens with zero attached hydrogens (tertiary/aromatic N) is 2. The van der Waals surface area contributed by atoms with Gasteiger partial charge in [-0.2, -0.15) is 5.10 Å². The smallest absolute Gasteiger partial charge is 0.284 e. The first-order valence-corrected chi connectivity index (χ1v) is 7.07. The van der Waals surface area contributed by atoms with E-state index < -0.39 is 18.0 Å². The van der Waals surface area contributed by atoms with Crippen LogP contribution in [-0.2, 0) is 0 Å². The van der Waals surface area contributed by atoms with Crippen molar-refractivity contribution in [2.75, 3.05) is 5.32 Å². The van der Waals surface area contributed by atoms with Crippen molar-refractivity contribution in [1.29, 1.82) is 0 Å². The Morgan fingerprint density at radius 1 is 1.50 bits per heavy atom. The van der Waals surface area contributed by atoms with Crippen LogP contribution >= 0.6 is 11.3 Å². The molecule has 0 fully saturated rings. The molecule has 114 valence electrons. The summed E-state index contributed by atoms with van der Waals surface area (Å²) in [5.74, 6) is -0.337. The second-order valence-corrected chi connectivity index (χ2v) is 5.32. The van der Waals surface area contributed by atoms with Gasteiger partial charge in [-0.05, 0) is 18.4 Å². The third kappa shape index (κ3) is 2.50. The lowest BCUT2D eigenvalue weighted by Crippen LogP contribution is -2.15. The zero-order chi connectivity index (χ0) is 15.7. The van der Waals surface area contributed by atoms with E-state index in [1.165, 1.54) is 18.3 Å². The predicted octanol–water partition coefficient (Wildman–Crippen LogP) is 3.62. The SMILES string of the molecule is Cc1[nH]nc(C(F)F)c1NC(=O)c1ncoc1-c1cccs1. The minimum absolute atomic E-state index is 0.0308. The number of alkyl halides is 2. The van der Waals surface area contributed by atoms with E-state index in [4.69, 9.17) is 4.42 Å². The summed E-state index contributed by atoms with van der Waals surface area (Å²) in [6.07, 6.45) is -1.66. The van der Waals surface area contributed by atoms with E-state index in [9.17, 15) is 13.6 Å². The van der Waals surface area contributed by atoms with Gasteiger partial charge in [0.15, 0.2) is 23.5 Å². The molecule has 6 nitrogen and oxygen atoms in total. The standard InChI is InChI=1S/C13H10F2N4O2S/c1-6-8(9(12(14)15)19-18-6)17-13(20)10-11(21-5-16-10)7-3-2-4-22-7/h2-5,12H,1H3,(H,17,20)(H,18,19). The molecule has 3 rings (SSSR count). The number of hydrogen-bond acceptors (Lipinski definition) is 5. The molecule has 2 N–H and O–H groups in total. The highest BCUT2D eigenvalue weighted by molar-refractivity contribution is 7.13. The number of anilines is 1. The second-order valence-electron chi connectivity index (χ2n) is 4.37. The molecule has 0 bridgehead atoms. The van der Waals surface area contributed by atoms with Crippen molar-refractivity contribution in [3.8, 4) is 10.6 Å². The van der Waals surface area contributed by atoms with Crippen LogP contribution in [0.5, 0.6) is 0 Å². The van der Waals surface area contributed by atoms with Crippen LogP contribution in [0.1, 0.15) is 28.3 Å². The molecule has 0 unspecified atom stereocenters. The predicted molar refractivity (Wildman–Crippen MR) is 76.1 cm³/mol. The molecule has 3 aromatic rings. The Balaban J connectivity index is 1.91. The number of aryl methyl sites for hydroxylation is 1. The molecule has 3 aromatic heterocycles. The number of oxazole rings is 1. The molecule has 0 saturated carbocycles. The minimum atomic E-state index is -2.80. The Bertz CT molecular complexity index is 795. The van der Waals surface area contributed by atoms with Crippen molar-refractivity contribution in [1.82, 2.24) is 15.2 Å². The van der Waals surface area contributed by atoms with Gasteiger partial charge in [-0.3, -0.25) is 9.89 Å². The Kier molecular flexibility index (Phi) is 3.72. The maximum absolute atomic E-state index is 12.9. The highest BCUT2D eigenvalue weighted by Gasteiger charge is 2.24. The van der Waals surface area contributed by atoms with E-state index >= 15 is 0 Å². The van der Waals surface area contributed by atoms with E-state index in [1.807, 2.05) is 5.38 Å². The molecular formula is C13H10F2N4O2S. The van der Waals surface area contributed by atoms with Gasteiger partial charge >= 0.3 is 0 Å². The van der Waals surface area contributed by atoms with Gasteiger partial charge in [-0.25, -0.2) is 13.8 Å². The van der Waals surface area contributed by atoms with Gasteiger partial charge in [-0.15, -0.1) is 11.3 Å². The monoisotopic (exact) mass is 324 g/mol. The molecular weight excluding hydrogens is 314 g/mol. The first-order valence-electron chi connectivity index (χ1n) is 6.19.